The van der Waals surface area contributed by atoms with Crippen molar-refractivity contribution in [3.05, 3.63) is 29.8 Å². The predicted octanol–water partition coefficient (Wildman–Crippen LogP) is 8.01. The zero-order valence-electron chi connectivity index (χ0n) is 21.3. The lowest BCUT2D eigenvalue weighted by Crippen LogP contribution is -2.41. The molecule has 1 fully saturated rings. The first-order valence-corrected chi connectivity index (χ1v) is 13.3. The van der Waals surface area contributed by atoms with Gasteiger partial charge in [0.1, 0.15) is 0 Å². The molecule has 176 valence electrons. The van der Waals surface area contributed by atoms with Crippen molar-refractivity contribution in [2.24, 2.45) is 0 Å². The fourth-order valence-corrected chi connectivity index (χ4v) is 4.34. The number of benzene rings is 1. The zero-order valence-corrected chi connectivity index (χ0v) is 21.3. The third-order valence-electron chi connectivity index (χ3n) is 7.32. The van der Waals surface area contributed by atoms with Crippen molar-refractivity contribution in [2.75, 3.05) is 0 Å². The highest BCUT2D eigenvalue weighted by Gasteiger charge is 2.51. The maximum absolute atomic E-state index is 6.15. The molecule has 2 rings (SSSR count). The van der Waals surface area contributed by atoms with Gasteiger partial charge in [0.05, 0.1) is 11.2 Å². The highest BCUT2D eigenvalue weighted by atomic mass is 16.7. The van der Waals surface area contributed by atoms with E-state index in [1.54, 1.807) is 0 Å². The molecule has 3 heteroatoms. The van der Waals surface area contributed by atoms with Gasteiger partial charge < -0.3 is 9.31 Å². The molecule has 31 heavy (non-hydrogen) atoms. The van der Waals surface area contributed by atoms with Crippen molar-refractivity contribution in [3.8, 4) is 0 Å². The maximum Gasteiger partial charge on any atom is 0.494 e. The van der Waals surface area contributed by atoms with E-state index >= 15 is 0 Å². The molecule has 0 radical (unpaired) electrons. The topological polar surface area (TPSA) is 18.5 Å². The van der Waals surface area contributed by atoms with Gasteiger partial charge in [-0.05, 0) is 51.6 Å². The van der Waals surface area contributed by atoms with Crippen LogP contribution < -0.4 is 5.46 Å². The van der Waals surface area contributed by atoms with Crippen LogP contribution >= 0.6 is 0 Å². The number of hydrogen-bond acceptors (Lipinski definition) is 2. The van der Waals surface area contributed by atoms with Gasteiger partial charge in [-0.2, -0.15) is 0 Å². The zero-order chi connectivity index (χ0) is 22.6. The monoisotopic (exact) mass is 428 g/mol. The minimum Gasteiger partial charge on any atom is -0.399 e. The van der Waals surface area contributed by atoms with Crippen LogP contribution in [0.5, 0.6) is 0 Å². The molecule has 0 aromatic heterocycles. The lowest BCUT2D eigenvalue weighted by atomic mass is 9.78. The fraction of sp³-hybridized carbons (Fsp3) is 0.786. The summed E-state index contributed by atoms with van der Waals surface area (Å²) in [4.78, 5) is 0. The fourth-order valence-electron chi connectivity index (χ4n) is 4.34. The van der Waals surface area contributed by atoms with E-state index in [0.29, 0.717) is 0 Å². The standard InChI is InChI=1S/C28H49BO2/c1-6-7-8-9-10-11-12-13-14-15-16-17-18-19-20-25-21-23-26(24-22-25)29-30-27(2,3)28(4,5)31-29/h21-24H,6-20H2,1-5H3. The van der Waals surface area contributed by atoms with E-state index < -0.39 is 0 Å². The minimum absolute atomic E-state index is 0.250. The van der Waals surface area contributed by atoms with E-state index in [1.165, 1.54) is 102 Å². The van der Waals surface area contributed by atoms with Gasteiger partial charge in [0.15, 0.2) is 0 Å². The third-order valence-corrected chi connectivity index (χ3v) is 7.32. The van der Waals surface area contributed by atoms with Crippen molar-refractivity contribution in [1.82, 2.24) is 0 Å². The van der Waals surface area contributed by atoms with Gasteiger partial charge in [0, 0.05) is 0 Å². The summed E-state index contributed by atoms with van der Waals surface area (Å²) >= 11 is 0. The third kappa shape index (κ3) is 9.30. The average Bonchev–Trinajstić information content (AvgIpc) is 2.96. The van der Waals surface area contributed by atoms with Crippen LogP contribution in [-0.4, -0.2) is 18.3 Å². The molecule has 0 atom stereocenters. The smallest absolute Gasteiger partial charge is 0.399 e. The van der Waals surface area contributed by atoms with Crippen LogP contribution in [0.25, 0.3) is 0 Å². The van der Waals surface area contributed by atoms with Gasteiger partial charge in [-0.3, -0.25) is 0 Å². The Balaban J connectivity index is 1.48. The lowest BCUT2D eigenvalue weighted by Gasteiger charge is -2.32. The van der Waals surface area contributed by atoms with Crippen LogP contribution in [-0.2, 0) is 15.7 Å². The molecule has 0 N–H and O–H groups in total. The summed E-state index contributed by atoms with van der Waals surface area (Å²) in [5.41, 5.74) is 2.01. The second-order valence-electron chi connectivity index (χ2n) is 10.7. The molecule has 1 aliphatic rings. The van der Waals surface area contributed by atoms with E-state index in [2.05, 4.69) is 58.9 Å². The Labute approximate surface area is 194 Å². The van der Waals surface area contributed by atoms with Crippen LogP contribution in [0.2, 0.25) is 0 Å². The molecule has 0 aliphatic carbocycles. The first kappa shape index (κ1) is 26.5. The number of unbranched alkanes of at least 4 members (excludes halogenated alkanes) is 13. The SMILES string of the molecule is CCCCCCCCCCCCCCCCc1ccc(B2OC(C)(C)C(C)(C)O2)cc1. The second-order valence-corrected chi connectivity index (χ2v) is 10.7. The summed E-state index contributed by atoms with van der Waals surface area (Å²) in [6, 6.07) is 8.87. The van der Waals surface area contributed by atoms with Crippen LogP contribution in [0.1, 0.15) is 130 Å². The van der Waals surface area contributed by atoms with Crippen molar-refractivity contribution >= 4 is 12.6 Å². The molecule has 1 aliphatic heterocycles. The first-order chi connectivity index (χ1) is 14.9. The highest BCUT2D eigenvalue weighted by molar-refractivity contribution is 6.62. The molecule has 1 aromatic carbocycles. The molecule has 2 nitrogen and oxygen atoms in total. The number of hydrogen-bond donors (Lipinski definition) is 0. The van der Waals surface area contributed by atoms with E-state index in [0.717, 1.165) is 5.46 Å². The summed E-state index contributed by atoms with van der Waals surface area (Å²) < 4.78 is 12.3. The van der Waals surface area contributed by atoms with Crippen molar-refractivity contribution in [1.29, 1.82) is 0 Å². The summed E-state index contributed by atoms with van der Waals surface area (Å²) in [6.45, 7) is 10.7. The Bertz CT molecular complexity index is 578. The highest BCUT2D eigenvalue weighted by Crippen LogP contribution is 2.36. The van der Waals surface area contributed by atoms with Gasteiger partial charge in [0.2, 0.25) is 0 Å². The molecular formula is C28H49BO2. The van der Waals surface area contributed by atoms with Crippen LogP contribution in [0, 0.1) is 0 Å². The van der Waals surface area contributed by atoms with Gasteiger partial charge in [-0.1, -0.05) is 115 Å². The molecule has 0 spiro atoms. The molecule has 0 amide bonds. The van der Waals surface area contributed by atoms with Crippen LogP contribution in [0.3, 0.4) is 0 Å². The van der Waals surface area contributed by atoms with Crippen LogP contribution in [0.15, 0.2) is 24.3 Å². The van der Waals surface area contributed by atoms with E-state index in [1.807, 2.05) is 0 Å². The molecular weight excluding hydrogens is 379 g/mol. The summed E-state index contributed by atoms with van der Waals surface area (Å²) in [5, 5.41) is 0. The molecule has 1 saturated heterocycles. The maximum atomic E-state index is 6.15. The molecule has 0 saturated carbocycles. The van der Waals surface area contributed by atoms with E-state index in [4.69, 9.17) is 9.31 Å². The van der Waals surface area contributed by atoms with Crippen molar-refractivity contribution < 1.29 is 9.31 Å². The largest absolute Gasteiger partial charge is 0.494 e. The Kier molecular flexibility index (Phi) is 11.7. The molecule has 0 bridgehead atoms. The van der Waals surface area contributed by atoms with Crippen LogP contribution in [0.4, 0.5) is 0 Å². The van der Waals surface area contributed by atoms with Gasteiger partial charge >= 0.3 is 7.12 Å². The Morgan fingerprint density at radius 1 is 0.581 bits per heavy atom. The lowest BCUT2D eigenvalue weighted by molar-refractivity contribution is 0.00578. The van der Waals surface area contributed by atoms with E-state index in [9.17, 15) is 0 Å². The number of aryl methyl sites for hydroxylation is 1. The normalized spacial score (nSPS) is 17.4. The molecule has 0 unspecified atom stereocenters. The predicted molar refractivity (Wildman–Crippen MR) is 136 cm³/mol. The quantitative estimate of drug-likeness (QED) is 0.196. The second kappa shape index (κ2) is 13.7. The minimum atomic E-state index is -0.273. The summed E-state index contributed by atoms with van der Waals surface area (Å²) in [7, 11) is -0.250. The van der Waals surface area contributed by atoms with E-state index in [-0.39, 0.29) is 18.3 Å². The number of rotatable bonds is 16. The summed E-state index contributed by atoms with van der Waals surface area (Å²) in [6.07, 6.45) is 21.0. The first-order valence-electron chi connectivity index (χ1n) is 13.3. The Morgan fingerprint density at radius 2 is 0.968 bits per heavy atom. The Morgan fingerprint density at radius 3 is 1.39 bits per heavy atom. The van der Waals surface area contributed by atoms with Crippen molar-refractivity contribution in [3.63, 3.8) is 0 Å². The molecule has 1 aromatic rings. The van der Waals surface area contributed by atoms with Gasteiger partial charge in [-0.25, -0.2) is 0 Å². The van der Waals surface area contributed by atoms with Gasteiger partial charge in [0.25, 0.3) is 0 Å². The molecule has 1 heterocycles. The average molecular weight is 429 g/mol. The van der Waals surface area contributed by atoms with Gasteiger partial charge in [-0.15, -0.1) is 0 Å². The van der Waals surface area contributed by atoms with Crippen molar-refractivity contribution in [2.45, 2.75) is 142 Å². The summed E-state index contributed by atoms with van der Waals surface area (Å²) in [5.74, 6) is 0. The Hall–Kier alpha value is -0.795.